The van der Waals surface area contributed by atoms with E-state index in [1.165, 1.54) is 37.3 Å². The molecular formula is C20H23FN4O. The maximum Gasteiger partial charge on any atom is 0.230 e. The van der Waals surface area contributed by atoms with Crippen molar-refractivity contribution >= 4 is 17.5 Å². The Morgan fingerprint density at radius 3 is 2.62 bits per heavy atom. The molecule has 5 nitrogen and oxygen atoms in total. The molecule has 1 aromatic heterocycles. The smallest absolute Gasteiger partial charge is 0.230 e. The van der Waals surface area contributed by atoms with Crippen molar-refractivity contribution in [2.75, 3.05) is 17.2 Å². The number of nitrogens with one attached hydrogen (secondary N) is 2. The summed E-state index contributed by atoms with van der Waals surface area (Å²) in [6.07, 6.45) is 8.29. The highest BCUT2D eigenvalue weighted by Crippen LogP contribution is 2.20. The van der Waals surface area contributed by atoms with E-state index in [1.54, 1.807) is 30.3 Å². The number of allylic oxidation sites excluding steroid dienone is 1. The lowest BCUT2D eigenvalue weighted by Gasteiger charge is -2.13. The Morgan fingerprint density at radius 2 is 1.88 bits per heavy atom. The molecular weight excluding hydrogens is 331 g/mol. The summed E-state index contributed by atoms with van der Waals surface area (Å²) in [5, 5.41) is 13.9. The van der Waals surface area contributed by atoms with Crippen molar-refractivity contribution in [3.8, 4) is 0 Å². The molecule has 0 fully saturated rings. The number of carbonyl (C=O) groups excluding carboxylic acids is 1. The predicted molar refractivity (Wildman–Crippen MR) is 100 cm³/mol. The van der Waals surface area contributed by atoms with Gasteiger partial charge in [0.25, 0.3) is 0 Å². The van der Waals surface area contributed by atoms with E-state index in [1.807, 2.05) is 0 Å². The van der Waals surface area contributed by atoms with Crippen molar-refractivity contribution in [2.24, 2.45) is 0 Å². The van der Waals surface area contributed by atoms with Gasteiger partial charge in [0, 0.05) is 6.54 Å². The lowest BCUT2D eigenvalue weighted by Crippen LogP contribution is -2.16. The van der Waals surface area contributed by atoms with Gasteiger partial charge in [0.2, 0.25) is 5.91 Å². The summed E-state index contributed by atoms with van der Waals surface area (Å²) >= 11 is 0. The molecule has 0 saturated carbocycles. The first-order valence-electron chi connectivity index (χ1n) is 8.99. The van der Waals surface area contributed by atoms with Crippen LogP contribution in [-0.2, 0) is 11.2 Å². The number of aromatic nitrogens is 2. The Balaban J connectivity index is 1.45. The second-order valence-corrected chi connectivity index (χ2v) is 6.41. The van der Waals surface area contributed by atoms with Crippen LogP contribution in [0.5, 0.6) is 0 Å². The van der Waals surface area contributed by atoms with E-state index in [0.29, 0.717) is 17.2 Å². The molecule has 1 amide bonds. The van der Waals surface area contributed by atoms with Crippen LogP contribution in [-0.4, -0.2) is 22.6 Å². The standard InChI is InChI=1S/C20H23FN4O/c21-17-9-5-4-8-16(17)14-20(26)23-19-11-10-18(24-25-19)22-13-12-15-6-2-1-3-7-15/h4-6,8-11H,1-3,7,12-14H2,(H,22,24)(H,23,25,26). The third-order valence-electron chi connectivity index (χ3n) is 4.38. The minimum atomic E-state index is -0.388. The first kappa shape index (κ1) is 18.0. The molecule has 1 aliphatic rings. The minimum Gasteiger partial charge on any atom is -0.368 e. The Labute approximate surface area is 152 Å². The van der Waals surface area contributed by atoms with Crippen molar-refractivity contribution in [1.29, 1.82) is 0 Å². The highest BCUT2D eigenvalue weighted by atomic mass is 19.1. The molecule has 0 aliphatic heterocycles. The van der Waals surface area contributed by atoms with Gasteiger partial charge < -0.3 is 10.6 Å². The van der Waals surface area contributed by atoms with Crippen LogP contribution in [0.15, 0.2) is 48.0 Å². The fourth-order valence-electron chi connectivity index (χ4n) is 2.98. The Bertz CT molecular complexity index is 774. The summed E-state index contributed by atoms with van der Waals surface area (Å²) in [5.74, 6) is 0.316. The van der Waals surface area contributed by atoms with E-state index in [-0.39, 0.29) is 18.1 Å². The van der Waals surface area contributed by atoms with E-state index >= 15 is 0 Å². The van der Waals surface area contributed by atoms with Crippen molar-refractivity contribution in [1.82, 2.24) is 10.2 Å². The number of halogens is 1. The number of nitrogens with zero attached hydrogens (tertiary/aromatic N) is 2. The second-order valence-electron chi connectivity index (χ2n) is 6.41. The van der Waals surface area contributed by atoms with E-state index in [4.69, 9.17) is 0 Å². The van der Waals surface area contributed by atoms with Gasteiger partial charge in [0.1, 0.15) is 11.6 Å². The maximum absolute atomic E-state index is 13.6. The van der Waals surface area contributed by atoms with Crippen LogP contribution >= 0.6 is 0 Å². The highest BCUT2D eigenvalue weighted by Gasteiger charge is 2.09. The maximum atomic E-state index is 13.6. The molecule has 1 aliphatic carbocycles. The number of anilines is 2. The molecule has 0 saturated heterocycles. The number of hydrogen-bond acceptors (Lipinski definition) is 4. The first-order valence-corrected chi connectivity index (χ1v) is 8.99. The molecule has 0 spiro atoms. The molecule has 1 heterocycles. The van der Waals surface area contributed by atoms with Gasteiger partial charge in [-0.15, -0.1) is 10.2 Å². The predicted octanol–water partition coefficient (Wildman–Crippen LogP) is 4.10. The van der Waals surface area contributed by atoms with Crippen LogP contribution in [0, 0.1) is 5.82 Å². The topological polar surface area (TPSA) is 66.9 Å². The summed E-state index contributed by atoms with van der Waals surface area (Å²) in [4.78, 5) is 12.0. The normalized spacial score (nSPS) is 13.8. The van der Waals surface area contributed by atoms with Crippen LogP contribution in [0.25, 0.3) is 0 Å². The lowest BCUT2D eigenvalue weighted by molar-refractivity contribution is -0.115. The van der Waals surface area contributed by atoms with Crippen molar-refractivity contribution < 1.29 is 9.18 Å². The van der Waals surface area contributed by atoms with Gasteiger partial charge in [-0.25, -0.2) is 4.39 Å². The van der Waals surface area contributed by atoms with Crippen LogP contribution in [0.1, 0.15) is 37.7 Å². The number of benzene rings is 1. The van der Waals surface area contributed by atoms with Crippen molar-refractivity contribution in [3.63, 3.8) is 0 Å². The number of hydrogen-bond donors (Lipinski definition) is 2. The summed E-state index contributed by atoms with van der Waals surface area (Å²) in [7, 11) is 0. The summed E-state index contributed by atoms with van der Waals surface area (Å²) in [6.45, 7) is 0.819. The molecule has 3 rings (SSSR count). The fraction of sp³-hybridized carbons (Fsp3) is 0.350. The Kier molecular flexibility index (Phi) is 6.30. The molecule has 0 unspecified atom stereocenters. The van der Waals surface area contributed by atoms with Gasteiger partial charge in [0.15, 0.2) is 5.82 Å². The average Bonchev–Trinajstić information content (AvgIpc) is 2.66. The van der Waals surface area contributed by atoms with E-state index in [9.17, 15) is 9.18 Å². The van der Waals surface area contributed by atoms with Crippen LogP contribution < -0.4 is 10.6 Å². The van der Waals surface area contributed by atoms with Crippen molar-refractivity contribution in [2.45, 2.75) is 38.5 Å². The quantitative estimate of drug-likeness (QED) is 0.735. The average molecular weight is 354 g/mol. The Morgan fingerprint density at radius 1 is 1.08 bits per heavy atom. The largest absolute Gasteiger partial charge is 0.368 e. The number of carbonyl (C=O) groups is 1. The SMILES string of the molecule is O=C(Cc1ccccc1F)Nc1ccc(NCCC2=CCCCC2)nn1. The third-order valence-corrected chi connectivity index (χ3v) is 4.38. The molecule has 0 atom stereocenters. The summed E-state index contributed by atoms with van der Waals surface area (Å²) in [6, 6.07) is 9.70. The van der Waals surface area contributed by atoms with Gasteiger partial charge in [-0.1, -0.05) is 29.8 Å². The first-order chi connectivity index (χ1) is 12.7. The van der Waals surface area contributed by atoms with Gasteiger partial charge in [-0.05, 0) is 55.9 Å². The molecule has 2 N–H and O–H groups in total. The molecule has 6 heteroatoms. The molecule has 2 aromatic rings. The highest BCUT2D eigenvalue weighted by molar-refractivity contribution is 5.91. The van der Waals surface area contributed by atoms with E-state index in [0.717, 1.165) is 13.0 Å². The zero-order chi connectivity index (χ0) is 18.2. The van der Waals surface area contributed by atoms with E-state index < -0.39 is 0 Å². The molecule has 26 heavy (non-hydrogen) atoms. The fourth-order valence-corrected chi connectivity index (χ4v) is 2.98. The van der Waals surface area contributed by atoms with Gasteiger partial charge in [-0.2, -0.15) is 0 Å². The zero-order valence-electron chi connectivity index (χ0n) is 14.7. The van der Waals surface area contributed by atoms with Crippen LogP contribution in [0.2, 0.25) is 0 Å². The Hall–Kier alpha value is -2.76. The number of amides is 1. The number of rotatable bonds is 7. The van der Waals surface area contributed by atoms with Crippen LogP contribution in [0.3, 0.4) is 0 Å². The summed E-state index contributed by atoms with van der Waals surface area (Å²) < 4.78 is 13.6. The molecule has 0 radical (unpaired) electrons. The minimum absolute atomic E-state index is 0.0382. The molecule has 136 valence electrons. The zero-order valence-corrected chi connectivity index (χ0v) is 14.7. The van der Waals surface area contributed by atoms with E-state index in [2.05, 4.69) is 26.9 Å². The summed E-state index contributed by atoms with van der Waals surface area (Å²) in [5.41, 5.74) is 1.86. The van der Waals surface area contributed by atoms with Crippen LogP contribution in [0.4, 0.5) is 16.0 Å². The monoisotopic (exact) mass is 354 g/mol. The van der Waals surface area contributed by atoms with Crippen molar-refractivity contribution in [3.05, 3.63) is 59.4 Å². The van der Waals surface area contributed by atoms with Gasteiger partial charge >= 0.3 is 0 Å². The molecule has 1 aromatic carbocycles. The third kappa shape index (κ3) is 5.37. The van der Waals surface area contributed by atoms with Gasteiger partial charge in [0.05, 0.1) is 6.42 Å². The molecule has 0 bridgehead atoms. The second kappa shape index (κ2) is 9.08. The lowest BCUT2D eigenvalue weighted by atomic mass is 9.97. The van der Waals surface area contributed by atoms with Gasteiger partial charge in [-0.3, -0.25) is 4.79 Å².